The van der Waals surface area contributed by atoms with Crippen molar-refractivity contribution in [2.45, 2.75) is 89.9 Å². The normalized spacial score (nSPS) is 18.8. The first kappa shape index (κ1) is 37.8. The fourth-order valence-electron chi connectivity index (χ4n) is 7.25. The van der Waals surface area contributed by atoms with Gasteiger partial charge in [-0.05, 0) is 78.8 Å². The number of carbonyl (C=O) groups excluding carboxylic acids is 4. The van der Waals surface area contributed by atoms with Crippen LogP contribution >= 0.6 is 23.2 Å². The number of carbonyl (C=O) groups is 5. The molecular formula is C39H44Cl2N4O6. The van der Waals surface area contributed by atoms with E-state index in [0.717, 1.165) is 18.4 Å². The average Bonchev–Trinajstić information content (AvgIpc) is 3.69. The van der Waals surface area contributed by atoms with E-state index >= 15 is 0 Å². The highest BCUT2D eigenvalue weighted by Gasteiger charge is 2.49. The Bertz CT molecular complexity index is 1730. The summed E-state index contributed by atoms with van der Waals surface area (Å²) in [6.45, 7) is 3.69. The second-order valence-corrected chi connectivity index (χ2v) is 14.4. The minimum atomic E-state index is -1.18. The van der Waals surface area contributed by atoms with E-state index in [0.29, 0.717) is 59.1 Å². The van der Waals surface area contributed by atoms with Crippen molar-refractivity contribution in [2.24, 2.45) is 5.41 Å². The first-order valence-corrected chi connectivity index (χ1v) is 18.2. The highest BCUT2D eigenvalue weighted by Crippen LogP contribution is 2.42. The van der Waals surface area contributed by atoms with Crippen LogP contribution in [0.15, 0.2) is 72.8 Å². The van der Waals surface area contributed by atoms with E-state index < -0.39 is 29.6 Å². The van der Waals surface area contributed by atoms with Crippen molar-refractivity contribution < 1.29 is 29.1 Å². The number of benzene rings is 3. The van der Waals surface area contributed by atoms with Gasteiger partial charge in [0.1, 0.15) is 18.2 Å². The van der Waals surface area contributed by atoms with Gasteiger partial charge in [0.05, 0.1) is 5.41 Å². The summed E-state index contributed by atoms with van der Waals surface area (Å²) < 4.78 is 0. The van der Waals surface area contributed by atoms with Crippen LogP contribution in [-0.2, 0) is 36.8 Å². The smallest absolute Gasteiger partial charge is 0.326 e. The Kier molecular flexibility index (Phi) is 12.4. The largest absolute Gasteiger partial charge is 0.480 e. The number of rotatable bonds is 14. The molecule has 1 saturated heterocycles. The molecule has 2 fully saturated rings. The standard InChI is InChI=1S/C39H44Cl2N4O6/c1-3-6-34(47)45-33(24-27-7-13-29(40)14-8-27)36(48)44(35(45)28-11-15-30(41)16-12-28)31-17-9-26(10-18-31)23-32(37(49)50)43-38(51)39(19-4-5-20-39)21-22-42-25(2)46/h7-18,32-33,35H,3-6,19-24H2,1-2H3,(H,42,46)(H,43,51)(H,49,50)/t32?,33-,35+/m1/s1. The number of carboxylic acid groups (broad SMARTS) is 1. The third-order valence-corrected chi connectivity index (χ3v) is 10.4. The number of carboxylic acids is 1. The second kappa shape index (κ2) is 16.7. The van der Waals surface area contributed by atoms with Crippen molar-refractivity contribution in [1.82, 2.24) is 15.5 Å². The van der Waals surface area contributed by atoms with Crippen LogP contribution in [0.5, 0.6) is 0 Å². The molecule has 1 unspecified atom stereocenters. The first-order chi connectivity index (χ1) is 24.4. The Morgan fingerprint density at radius 2 is 1.49 bits per heavy atom. The molecule has 3 aromatic rings. The molecule has 1 saturated carbocycles. The molecule has 3 N–H and O–H groups in total. The Balaban J connectivity index is 1.42. The van der Waals surface area contributed by atoms with Crippen molar-refractivity contribution in [3.63, 3.8) is 0 Å². The number of hydrogen-bond donors (Lipinski definition) is 3. The highest BCUT2D eigenvalue weighted by molar-refractivity contribution is 6.30. The van der Waals surface area contributed by atoms with Gasteiger partial charge in [-0.1, -0.05) is 79.4 Å². The maximum absolute atomic E-state index is 14.4. The average molecular weight is 736 g/mol. The molecule has 1 heterocycles. The predicted molar refractivity (Wildman–Crippen MR) is 196 cm³/mol. The van der Waals surface area contributed by atoms with Crippen LogP contribution in [0, 0.1) is 5.41 Å². The monoisotopic (exact) mass is 734 g/mol. The molecular weight excluding hydrogens is 691 g/mol. The number of aliphatic carboxylic acids is 1. The Morgan fingerprint density at radius 3 is 2.06 bits per heavy atom. The molecule has 1 aliphatic carbocycles. The van der Waals surface area contributed by atoms with Crippen LogP contribution in [0.3, 0.4) is 0 Å². The molecule has 0 radical (unpaired) electrons. The van der Waals surface area contributed by atoms with E-state index in [1.807, 2.05) is 31.2 Å². The van der Waals surface area contributed by atoms with Gasteiger partial charge in [0, 0.05) is 48.5 Å². The van der Waals surface area contributed by atoms with Gasteiger partial charge < -0.3 is 20.6 Å². The van der Waals surface area contributed by atoms with Gasteiger partial charge in [-0.3, -0.25) is 24.1 Å². The highest BCUT2D eigenvalue weighted by atomic mass is 35.5. The summed E-state index contributed by atoms with van der Waals surface area (Å²) in [5, 5.41) is 16.7. The lowest BCUT2D eigenvalue weighted by molar-refractivity contribution is -0.144. The topological polar surface area (TPSA) is 136 Å². The second-order valence-electron chi connectivity index (χ2n) is 13.5. The van der Waals surface area contributed by atoms with Crippen LogP contribution in [-0.4, -0.2) is 58.2 Å². The van der Waals surface area contributed by atoms with Crippen LogP contribution in [0.1, 0.15) is 81.6 Å². The molecule has 12 heteroatoms. The van der Waals surface area contributed by atoms with Crippen molar-refractivity contribution in [3.8, 4) is 0 Å². The maximum Gasteiger partial charge on any atom is 0.326 e. The lowest BCUT2D eigenvalue weighted by Crippen LogP contribution is -2.49. The molecule has 3 aromatic carbocycles. The zero-order chi connectivity index (χ0) is 36.7. The van der Waals surface area contributed by atoms with Gasteiger partial charge in [0.2, 0.25) is 17.7 Å². The van der Waals surface area contributed by atoms with Crippen LogP contribution in [0.4, 0.5) is 5.69 Å². The van der Waals surface area contributed by atoms with Gasteiger partial charge >= 0.3 is 5.97 Å². The van der Waals surface area contributed by atoms with Gasteiger partial charge in [0.25, 0.3) is 5.91 Å². The third kappa shape index (κ3) is 8.91. The van der Waals surface area contributed by atoms with E-state index in [1.165, 1.54) is 6.92 Å². The third-order valence-electron chi connectivity index (χ3n) is 9.91. The van der Waals surface area contributed by atoms with Crippen molar-refractivity contribution >= 4 is 58.5 Å². The van der Waals surface area contributed by atoms with E-state index in [2.05, 4.69) is 10.6 Å². The number of nitrogens with zero attached hydrogens (tertiary/aromatic N) is 2. The van der Waals surface area contributed by atoms with Crippen LogP contribution < -0.4 is 15.5 Å². The van der Waals surface area contributed by atoms with E-state index in [9.17, 15) is 29.1 Å². The van der Waals surface area contributed by atoms with E-state index in [1.54, 1.807) is 58.3 Å². The molecule has 5 rings (SSSR count). The molecule has 51 heavy (non-hydrogen) atoms. The first-order valence-electron chi connectivity index (χ1n) is 17.4. The predicted octanol–water partition coefficient (Wildman–Crippen LogP) is 6.48. The molecule has 3 atom stereocenters. The Morgan fingerprint density at radius 1 is 0.902 bits per heavy atom. The van der Waals surface area contributed by atoms with Gasteiger partial charge in [0.15, 0.2) is 0 Å². The number of nitrogens with one attached hydrogen (secondary N) is 2. The van der Waals surface area contributed by atoms with Crippen molar-refractivity contribution in [1.29, 1.82) is 0 Å². The fraction of sp³-hybridized carbons (Fsp3) is 0.410. The van der Waals surface area contributed by atoms with Gasteiger partial charge in [-0.2, -0.15) is 0 Å². The van der Waals surface area contributed by atoms with Gasteiger partial charge in [-0.15, -0.1) is 0 Å². The quantitative estimate of drug-likeness (QED) is 0.174. The van der Waals surface area contributed by atoms with E-state index in [4.69, 9.17) is 23.2 Å². The Hall–Kier alpha value is -4.41. The Labute approximate surface area is 308 Å². The molecule has 4 amide bonds. The molecule has 0 aromatic heterocycles. The molecule has 10 nitrogen and oxygen atoms in total. The zero-order valence-electron chi connectivity index (χ0n) is 28.9. The zero-order valence-corrected chi connectivity index (χ0v) is 30.4. The summed E-state index contributed by atoms with van der Waals surface area (Å²) in [6.07, 6.45) is 3.87. The van der Waals surface area contributed by atoms with Gasteiger partial charge in [-0.25, -0.2) is 4.79 Å². The molecule has 0 bridgehead atoms. The molecule has 1 aliphatic heterocycles. The minimum absolute atomic E-state index is 0.0258. The lowest BCUT2D eigenvalue weighted by atomic mass is 9.81. The SMILES string of the molecule is CCCC(=O)N1[C@H](Cc2ccc(Cl)cc2)C(=O)N(c2ccc(CC(NC(=O)C3(CCNC(C)=O)CCCC3)C(=O)O)cc2)[C@@H]1c1ccc(Cl)cc1. The summed E-state index contributed by atoms with van der Waals surface area (Å²) in [4.78, 5) is 68.9. The number of amides is 4. The van der Waals surface area contributed by atoms with Crippen molar-refractivity contribution in [2.75, 3.05) is 11.4 Å². The fourth-order valence-corrected chi connectivity index (χ4v) is 7.50. The number of halogens is 2. The summed E-state index contributed by atoms with van der Waals surface area (Å²) in [7, 11) is 0. The molecule has 270 valence electrons. The summed E-state index contributed by atoms with van der Waals surface area (Å²) >= 11 is 12.4. The molecule has 0 spiro atoms. The number of hydrogen-bond acceptors (Lipinski definition) is 5. The molecule has 2 aliphatic rings. The van der Waals surface area contributed by atoms with Crippen LogP contribution in [0.25, 0.3) is 0 Å². The summed E-state index contributed by atoms with van der Waals surface area (Å²) in [6, 6.07) is 19.3. The number of anilines is 1. The van der Waals surface area contributed by atoms with E-state index in [-0.39, 0.29) is 42.9 Å². The van der Waals surface area contributed by atoms with Crippen LogP contribution in [0.2, 0.25) is 10.0 Å². The minimum Gasteiger partial charge on any atom is -0.480 e. The maximum atomic E-state index is 14.4. The lowest BCUT2D eigenvalue weighted by Gasteiger charge is -2.32. The van der Waals surface area contributed by atoms with Crippen molar-refractivity contribution in [3.05, 3.63) is 99.5 Å². The summed E-state index contributed by atoms with van der Waals surface area (Å²) in [5.41, 5.74) is 2.03. The summed E-state index contributed by atoms with van der Waals surface area (Å²) in [5.74, 6) is -2.05.